The van der Waals surface area contributed by atoms with Crippen LogP contribution in [0.15, 0.2) is 52.9 Å². The quantitative estimate of drug-likeness (QED) is 0.688. The minimum Gasteiger partial charge on any atom is -0.497 e. The number of rotatable bonds is 6. The Morgan fingerprint density at radius 2 is 1.70 bits per heavy atom. The highest BCUT2D eigenvalue weighted by Crippen LogP contribution is 2.30. The average Bonchev–Trinajstić information content (AvgIpc) is 2.98. The van der Waals surface area contributed by atoms with Crippen molar-refractivity contribution < 1.29 is 13.9 Å². The van der Waals surface area contributed by atoms with E-state index in [9.17, 15) is 0 Å². The van der Waals surface area contributed by atoms with Crippen molar-refractivity contribution in [1.82, 2.24) is 4.90 Å². The molecule has 0 fully saturated rings. The van der Waals surface area contributed by atoms with Crippen molar-refractivity contribution >= 4 is 11.0 Å². The fourth-order valence-electron chi connectivity index (χ4n) is 2.34. The predicted molar refractivity (Wildman–Crippen MR) is 92.3 cm³/mol. The first kappa shape index (κ1) is 15.4. The number of hydrogen-bond acceptors (Lipinski definition) is 4. The summed E-state index contributed by atoms with van der Waals surface area (Å²) in [5.41, 5.74) is 1.85. The van der Waals surface area contributed by atoms with Gasteiger partial charge < -0.3 is 18.8 Å². The standard InChI is InChI=1S/C19H21NO3/c1-20(2)10-11-22-16-7-4-14(5-8-16)18-12-15-6-9-17(21-3)13-19(15)23-18/h4-9,12-13H,10-11H2,1-3H3. The van der Waals surface area contributed by atoms with Crippen LogP contribution in [0.4, 0.5) is 0 Å². The summed E-state index contributed by atoms with van der Waals surface area (Å²) in [5.74, 6) is 2.50. The Balaban J connectivity index is 1.76. The van der Waals surface area contributed by atoms with Crippen molar-refractivity contribution in [3.8, 4) is 22.8 Å². The molecule has 2 aromatic carbocycles. The van der Waals surface area contributed by atoms with Gasteiger partial charge in [-0.2, -0.15) is 0 Å². The molecular formula is C19H21NO3. The second-order valence-electron chi connectivity index (χ2n) is 5.69. The molecule has 3 aromatic rings. The fraction of sp³-hybridized carbons (Fsp3) is 0.263. The minimum atomic E-state index is 0.677. The van der Waals surface area contributed by atoms with Crippen LogP contribution in [0.2, 0.25) is 0 Å². The summed E-state index contributed by atoms with van der Waals surface area (Å²) in [6.45, 7) is 1.57. The number of methoxy groups -OCH3 is 1. The molecule has 120 valence electrons. The molecular weight excluding hydrogens is 290 g/mol. The number of likely N-dealkylation sites (N-methyl/N-ethyl adjacent to an activating group) is 1. The Labute approximate surface area is 136 Å². The summed E-state index contributed by atoms with van der Waals surface area (Å²) in [6.07, 6.45) is 0. The second-order valence-corrected chi connectivity index (χ2v) is 5.69. The molecule has 0 unspecified atom stereocenters. The van der Waals surface area contributed by atoms with Gasteiger partial charge in [0.15, 0.2) is 0 Å². The highest BCUT2D eigenvalue weighted by Gasteiger charge is 2.07. The van der Waals surface area contributed by atoms with Crippen molar-refractivity contribution in [3.63, 3.8) is 0 Å². The topological polar surface area (TPSA) is 34.8 Å². The van der Waals surface area contributed by atoms with Crippen LogP contribution in [0.3, 0.4) is 0 Å². The van der Waals surface area contributed by atoms with Gasteiger partial charge >= 0.3 is 0 Å². The van der Waals surface area contributed by atoms with Crippen molar-refractivity contribution in [2.24, 2.45) is 0 Å². The number of hydrogen-bond donors (Lipinski definition) is 0. The van der Waals surface area contributed by atoms with Gasteiger partial charge in [-0.25, -0.2) is 0 Å². The largest absolute Gasteiger partial charge is 0.497 e. The number of nitrogens with zero attached hydrogens (tertiary/aromatic N) is 1. The number of fused-ring (bicyclic) bond motifs is 1. The van der Waals surface area contributed by atoms with Gasteiger partial charge in [-0.05, 0) is 56.6 Å². The lowest BCUT2D eigenvalue weighted by Crippen LogP contribution is -2.19. The van der Waals surface area contributed by atoms with Crippen LogP contribution >= 0.6 is 0 Å². The van der Waals surface area contributed by atoms with Gasteiger partial charge in [-0.1, -0.05) is 0 Å². The first-order valence-electron chi connectivity index (χ1n) is 7.61. The predicted octanol–water partition coefficient (Wildman–Crippen LogP) is 4.05. The molecule has 0 aliphatic heterocycles. The molecule has 4 nitrogen and oxygen atoms in total. The fourth-order valence-corrected chi connectivity index (χ4v) is 2.34. The van der Waals surface area contributed by atoms with Gasteiger partial charge in [-0.3, -0.25) is 0 Å². The SMILES string of the molecule is COc1ccc2cc(-c3ccc(OCCN(C)C)cc3)oc2c1. The zero-order valence-electron chi connectivity index (χ0n) is 13.7. The van der Waals surface area contributed by atoms with Crippen LogP contribution in [-0.2, 0) is 0 Å². The van der Waals surface area contributed by atoms with E-state index in [1.165, 1.54) is 0 Å². The first-order valence-corrected chi connectivity index (χ1v) is 7.61. The van der Waals surface area contributed by atoms with Gasteiger partial charge in [0.05, 0.1) is 7.11 Å². The maximum Gasteiger partial charge on any atom is 0.138 e. The maximum absolute atomic E-state index is 5.92. The second kappa shape index (κ2) is 6.75. The van der Waals surface area contributed by atoms with E-state index in [1.807, 2.05) is 62.6 Å². The Hall–Kier alpha value is -2.46. The van der Waals surface area contributed by atoms with E-state index >= 15 is 0 Å². The Morgan fingerprint density at radius 1 is 0.957 bits per heavy atom. The molecule has 23 heavy (non-hydrogen) atoms. The normalized spacial score (nSPS) is 11.1. The lowest BCUT2D eigenvalue weighted by atomic mass is 10.1. The highest BCUT2D eigenvalue weighted by atomic mass is 16.5. The van der Waals surface area contributed by atoms with E-state index < -0.39 is 0 Å². The molecule has 1 aromatic heterocycles. The van der Waals surface area contributed by atoms with Gasteiger partial charge in [0.25, 0.3) is 0 Å². The molecule has 0 saturated carbocycles. The van der Waals surface area contributed by atoms with Gasteiger partial charge in [0, 0.05) is 23.6 Å². The highest BCUT2D eigenvalue weighted by molar-refractivity contribution is 5.84. The number of furan rings is 1. The zero-order chi connectivity index (χ0) is 16.2. The molecule has 0 saturated heterocycles. The monoisotopic (exact) mass is 311 g/mol. The summed E-state index contributed by atoms with van der Waals surface area (Å²) >= 11 is 0. The average molecular weight is 311 g/mol. The van der Waals surface area contributed by atoms with Crippen LogP contribution in [0.1, 0.15) is 0 Å². The molecule has 0 bridgehead atoms. The summed E-state index contributed by atoms with van der Waals surface area (Å²) < 4.78 is 16.9. The summed E-state index contributed by atoms with van der Waals surface area (Å²) in [7, 11) is 5.71. The van der Waals surface area contributed by atoms with Crippen molar-refractivity contribution in [2.45, 2.75) is 0 Å². The summed E-state index contributed by atoms with van der Waals surface area (Å²) in [6, 6.07) is 15.8. The molecule has 3 rings (SSSR count). The van der Waals surface area contributed by atoms with Gasteiger partial charge in [0.2, 0.25) is 0 Å². The van der Waals surface area contributed by atoms with Crippen LogP contribution in [-0.4, -0.2) is 39.3 Å². The molecule has 0 aliphatic carbocycles. The molecule has 0 spiro atoms. The Morgan fingerprint density at radius 3 is 2.39 bits per heavy atom. The molecule has 0 radical (unpaired) electrons. The third kappa shape index (κ3) is 3.66. The van der Waals surface area contributed by atoms with Crippen molar-refractivity contribution in [2.75, 3.05) is 34.4 Å². The minimum absolute atomic E-state index is 0.677. The molecule has 0 N–H and O–H groups in total. The molecule has 0 amide bonds. The van der Waals surface area contributed by atoms with Gasteiger partial charge in [-0.15, -0.1) is 0 Å². The van der Waals surface area contributed by atoms with E-state index in [-0.39, 0.29) is 0 Å². The lowest BCUT2D eigenvalue weighted by molar-refractivity contribution is 0.261. The number of ether oxygens (including phenoxy) is 2. The molecule has 1 heterocycles. The van der Waals surface area contributed by atoms with E-state index in [4.69, 9.17) is 13.9 Å². The first-order chi connectivity index (χ1) is 11.2. The smallest absolute Gasteiger partial charge is 0.138 e. The van der Waals surface area contributed by atoms with E-state index in [2.05, 4.69) is 4.90 Å². The number of benzene rings is 2. The molecule has 4 heteroatoms. The van der Waals surface area contributed by atoms with E-state index in [0.29, 0.717) is 6.61 Å². The van der Waals surface area contributed by atoms with Crippen molar-refractivity contribution in [1.29, 1.82) is 0 Å². The lowest BCUT2D eigenvalue weighted by Gasteiger charge is -2.11. The van der Waals surface area contributed by atoms with Gasteiger partial charge in [0.1, 0.15) is 29.4 Å². The van der Waals surface area contributed by atoms with Crippen LogP contribution < -0.4 is 9.47 Å². The third-order valence-corrected chi connectivity index (χ3v) is 3.67. The van der Waals surface area contributed by atoms with E-state index in [1.54, 1.807) is 7.11 Å². The third-order valence-electron chi connectivity index (χ3n) is 3.67. The van der Waals surface area contributed by atoms with Crippen LogP contribution in [0.5, 0.6) is 11.5 Å². The molecule has 0 aliphatic rings. The zero-order valence-corrected chi connectivity index (χ0v) is 13.7. The summed E-state index contributed by atoms with van der Waals surface area (Å²) in [5, 5.41) is 1.06. The Bertz CT molecular complexity index is 775. The van der Waals surface area contributed by atoms with Crippen molar-refractivity contribution in [3.05, 3.63) is 48.5 Å². The van der Waals surface area contributed by atoms with Crippen LogP contribution in [0.25, 0.3) is 22.3 Å². The Kier molecular flexibility index (Phi) is 4.53. The van der Waals surface area contributed by atoms with Crippen LogP contribution in [0, 0.1) is 0 Å². The summed E-state index contributed by atoms with van der Waals surface area (Å²) in [4.78, 5) is 2.09. The maximum atomic E-state index is 5.92. The van der Waals surface area contributed by atoms with E-state index in [0.717, 1.165) is 40.3 Å². The molecule has 0 atom stereocenters.